The van der Waals surface area contributed by atoms with Gasteiger partial charge in [-0.3, -0.25) is 0 Å². The van der Waals surface area contributed by atoms with Crippen molar-refractivity contribution in [1.29, 1.82) is 5.26 Å². The van der Waals surface area contributed by atoms with Gasteiger partial charge in [0.15, 0.2) is 0 Å². The summed E-state index contributed by atoms with van der Waals surface area (Å²) in [5.74, 6) is 0. The third-order valence-electron chi connectivity index (χ3n) is 0.478. The van der Waals surface area contributed by atoms with Crippen LogP contribution in [-0.4, -0.2) is 6.54 Å². The molecule has 5 heteroatoms. The van der Waals surface area contributed by atoms with E-state index in [1.54, 1.807) is 6.07 Å². The Morgan fingerprint density at radius 2 is 2.50 bits per heavy atom. The van der Waals surface area contributed by atoms with Crippen molar-refractivity contribution in [1.82, 2.24) is 5.09 Å². The molecule has 44 valence electrons. The average molecular weight is 132 g/mol. The first-order valence-electron chi connectivity index (χ1n) is 2.02. The van der Waals surface area contributed by atoms with Gasteiger partial charge in [-0.1, -0.05) is 4.57 Å². The van der Waals surface area contributed by atoms with Gasteiger partial charge in [-0.15, -0.1) is 5.09 Å². The molecule has 0 bridgehead atoms. The second-order valence-corrected chi connectivity index (χ2v) is 1.90. The van der Waals surface area contributed by atoms with Crippen molar-refractivity contribution in [3.63, 3.8) is 0 Å². The molecule has 0 aliphatic heterocycles. The predicted molar refractivity (Wildman–Crippen MR) is 25.8 cm³/mol. The lowest BCUT2D eigenvalue weighted by molar-refractivity contribution is -0.167. The lowest BCUT2D eigenvalue weighted by Gasteiger charge is -1.84. The molecule has 1 atom stereocenters. The van der Waals surface area contributed by atoms with Crippen molar-refractivity contribution in [3.05, 3.63) is 0 Å². The Hall–Kier alpha value is -0.490. The molecule has 0 aliphatic carbocycles. The van der Waals surface area contributed by atoms with Crippen LogP contribution in [0.5, 0.6) is 0 Å². The molecule has 0 heterocycles. The molecule has 0 aromatic heterocycles. The van der Waals surface area contributed by atoms with Gasteiger partial charge in [0.2, 0.25) is 0 Å². The molecule has 0 aromatic rings. The zero-order chi connectivity index (χ0) is 6.41. The van der Waals surface area contributed by atoms with E-state index in [2.05, 4.69) is 5.09 Å². The molecule has 0 spiro atoms. The van der Waals surface area contributed by atoms with E-state index in [9.17, 15) is 9.46 Å². The Labute approximate surface area is 48.1 Å². The molecule has 0 fully saturated rings. The molecular formula is C3H5N2O2P. The van der Waals surface area contributed by atoms with Crippen LogP contribution in [-0.2, 0) is 4.57 Å². The number of nitriles is 1. The van der Waals surface area contributed by atoms with Crippen LogP contribution >= 0.6 is 8.18 Å². The van der Waals surface area contributed by atoms with Gasteiger partial charge in [0.05, 0.1) is 19.0 Å². The van der Waals surface area contributed by atoms with Crippen molar-refractivity contribution in [3.8, 4) is 6.07 Å². The molecule has 0 aliphatic rings. The summed E-state index contributed by atoms with van der Waals surface area (Å²) in [6.45, 7) is 0.217. The third kappa shape index (κ3) is 5.51. The largest absolute Gasteiger partial charge is 0.578 e. The molecule has 8 heavy (non-hydrogen) atoms. The summed E-state index contributed by atoms with van der Waals surface area (Å²) in [5.41, 5.74) is 0. The Bertz CT molecular complexity index is 119. The first-order chi connectivity index (χ1) is 3.77. The monoisotopic (exact) mass is 132 g/mol. The van der Waals surface area contributed by atoms with Crippen LogP contribution in [0.3, 0.4) is 0 Å². The molecular weight excluding hydrogens is 127 g/mol. The number of nitrogens with one attached hydrogen (secondary N) is 1. The van der Waals surface area contributed by atoms with Crippen molar-refractivity contribution in [2.75, 3.05) is 6.54 Å². The summed E-state index contributed by atoms with van der Waals surface area (Å²) in [6.07, 6.45) is 0.226. The highest BCUT2D eigenvalue weighted by molar-refractivity contribution is 7.33. The maximum absolute atomic E-state index is 9.69. The van der Waals surface area contributed by atoms with E-state index in [1.807, 2.05) is 0 Å². The van der Waals surface area contributed by atoms with Gasteiger partial charge in [-0.25, -0.2) is 0 Å². The first kappa shape index (κ1) is 7.51. The summed E-state index contributed by atoms with van der Waals surface area (Å²) >= 11 is 0. The normalized spacial score (nSPS) is 10.2. The molecule has 0 rings (SSSR count). The van der Waals surface area contributed by atoms with E-state index >= 15 is 0 Å². The van der Waals surface area contributed by atoms with Crippen LogP contribution in [0.4, 0.5) is 0 Å². The van der Waals surface area contributed by atoms with Gasteiger partial charge in [-0.2, -0.15) is 5.26 Å². The van der Waals surface area contributed by atoms with E-state index in [0.717, 1.165) is 0 Å². The summed E-state index contributed by atoms with van der Waals surface area (Å²) in [6, 6.07) is 1.79. The van der Waals surface area contributed by atoms with Gasteiger partial charge in [0.1, 0.15) is 0 Å². The quantitative estimate of drug-likeness (QED) is 0.415. The van der Waals surface area contributed by atoms with Crippen molar-refractivity contribution >= 4 is 8.18 Å². The maximum Gasteiger partial charge on any atom is 0.408 e. The number of hydrogen-bond acceptors (Lipinski definition) is 3. The fraction of sp³-hybridized carbons (Fsp3) is 0.667. The summed E-state index contributed by atoms with van der Waals surface area (Å²) in [4.78, 5) is 9.69. The fourth-order valence-corrected chi connectivity index (χ4v) is 0.497. The second kappa shape index (κ2) is 4.66. The third-order valence-corrected chi connectivity index (χ3v) is 0.960. The van der Waals surface area contributed by atoms with Crippen LogP contribution in [0.15, 0.2) is 0 Å². The number of nitrogens with zero attached hydrogens (tertiary/aromatic N) is 1. The molecule has 4 nitrogen and oxygen atoms in total. The number of rotatable bonds is 3. The zero-order valence-electron chi connectivity index (χ0n) is 4.13. The van der Waals surface area contributed by atoms with Gasteiger partial charge in [0, 0.05) is 0 Å². The minimum Gasteiger partial charge on any atom is -0.578 e. The van der Waals surface area contributed by atoms with E-state index in [1.165, 1.54) is 0 Å². The predicted octanol–water partition coefficient (Wildman–Crippen LogP) is -0.493. The minimum absolute atomic E-state index is 0.217. The topological polar surface area (TPSA) is 76.0 Å². The first-order valence-corrected chi connectivity index (χ1v) is 3.20. The highest BCUT2D eigenvalue weighted by atomic mass is 31.1. The van der Waals surface area contributed by atoms with E-state index in [0.29, 0.717) is 0 Å². The van der Waals surface area contributed by atoms with Crippen molar-refractivity contribution < 1.29 is 9.46 Å². The highest BCUT2D eigenvalue weighted by Crippen LogP contribution is 1.95. The summed E-state index contributed by atoms with van der Waals surface area (Å²) in [7, 11) is -2.51. The number of hydrogen-bond donors (Lipinski definition) is 1. The Morgan fingerprint density at radius 3 is 2.88 bits per heavy atom. The van der Waals surface area contributed by atoms with Crippen LogP contribution in [0.2, 0.25) is 0 Å². The van der Waals surface area contributed by atoms with Crippen LogP contribution in [0.25, 0.3) is 0 Å². The fourth-order valence-electron chi connectivity index (χ4n) is 0.203. The van der Waals surface area contributed by atoms with Gasteiger partial charge in [-0.05, 0) is 0 Å². The van der Waals surface area contributed by atoms with Gasteiger partial charge < -0.3 is 4.89 Å². The molecule has 0 aromatic carbocycles. The molecule has 0 saturated carbocycles. The average Bonchev–Trinajstić information content (AvgIpc) is 1.66. The molecule has 0 saturated heterocycles. The van der Waals surface area contributed by atoms with Crippen molar-refractivity contribution in [2.24, 2.45) is 0 Å². The molecule has 1 N–H and O–H groups in total. The van der Waals surface area contributed by atoms with E-state index in [-0.39, 0.29) is 13.0 Å². The standard InChI is InChI=1S/C3H5N2O2P/c4-2-1-3-5-8(6)7/h1,3H2,(H,5,6,7). The van der Waals surface area contributed by atoms with Crippen LogP contribution in [0.1, 0.15) is 6.42 Å². The summed E-state index contributed by atoms with van der Waals surface area (Å²) < 4.78 is 9.69. The van der Waals surface area contributed by atoms with Crippen LogP contribution in [0, 0.1) is 11.3 Å². The molecule has 0 amide bonds. The van der Waals surface area contributed by atoms with Crippen molar-refractivity contribution in [2.45, 2.75) is 6.42 Å². The maximum atomic E-state index is 9.69. The molecule has 1 unspecified atom stereocenters. The Kier molecular flexibility index (Phi) is 4.38. The van der Waals surface area contributed by atoms with Crippen LogP contribution < -0.4 is 9.98 Å². The second-order valence-electron chi connectivity index (χ2n) is 1.07. The lowest BCUT2D eigenvalue weighted by atomic mass is 10.5. The molecule has 0 radical (unpaired) electrons. The zero-order valence-corrected chi connectivity index (χ0v) is 5.02. The minimum atomic E-state index is -2.51. The smallest absolute Gasteiger partial charge is 0.408 e. The van der Waals surface area contributed by atoms with E-state index < -0.39 is 8.18 Å². The Balaban J connectivity index is 2.97. The van der Waals surface area contributed by atoms with E-state index in [4.69, 9.17) is 5.26 Å². The highest BCUT2D eigenvalue weighted by Gasteiger charge is 1.94. The Morgan fingerprint density at radius 1 is 1.88 bits per heavy atom. The van der Waals surface area contributed by atoms with Gasteiger partial charge >= 0.3 is 8.18 Å². The summed E-state index contributed by atoms with van der Waals surface area (Å²) in [5, 5.41) is 9.97. The lowest BCUT2D eigenvalue weighted by Crippen LogP contribution is -2.09. The SMILES string of the molecule is N#CCCN[P+](=O)[O-]. The van der Waals surface area contributed by atoms with Gasteiger partial charge in [0.25, 0.3) is 0 Å².